The van der Waals surface area contributed by atoms with Crippen LogP contribution in [0.3, 0.4) is 0 Å². The molecule has 0 N–H and O–H groups in total. The maximum Gasteiger partial charge on any atom is 0.305 e. The molecular formula is C17H13ClF5NO2S2. The Morgan fingerprint density at radius 1 is 1.00 bits per heavy atom. The van der Waals surface area contributed by atoms with E-state index >= 15 is 0 Å². The topological polar surface area (TPSA) is 39.1 Å². The van der Waals surface area contributed by atoms with Gasteiger partial charge in [0.1, 0.15) is 0 Å². The molecule has 0 aliphatic rings. The second kappa shape index (κ2) is 5.74. The lowest BCUT2D eigenvalue weighted by Gasteiger charge is -2.37. The maximum atomic E-state index is 12.8. The van der Waals surface area contributed by atoms with Gasteiger partial charge in [0.2, 0.25) is 0 Å². The van der Waals surface area contributed by atoms with Crippen molar-refractivity contribution in [3.05, 3.63) is 71.3 Å². The van der Waals surface area contributed by atoms with Crippen LogP contribution >= 0.6 is 21.8 Å². The number of halogens is 6. The molecule has 28 heavy (non-hydrogen) atoms. The van der Waals surface area contributed by atoms with Gasteiger partial charge in [-0.1, -0.05) is 54.8 Å². The summed E-state index contributed by atoms with van der Waals surface area (Å²) in [6.07, 6.45) is 1.23. The average Bonchev–Trinajstić information content (AvgIpc) is 2.96. The van der Waals surface area contributed by atoms with Gasteiger partial charge in [-0.05, 0) is 42.8 Å². The van der Waals surface area contributed by atoms with Crippen LogP contribution in [-0.4, -0.2) is 12.4 Å². The second-order valence-corrected chi connectivity index (χ2v) is 10.7. The molecule has 1 aromatic heterocycles. The van der Waals surface area contributed by atoms with Crippen LogP contribution in [0.15, 0.2) is 65.0 Å². The van der Waals surface area contributed by atoms with Gasteiger partial charge in [-0.25, -0.2) is 12.4 Å². The average molecular weight is 458 g/mol. The third-order valence-corrected chi connectivity index (χ3v) is 6.68. The van der Waals surface area contributed by atoms with E-state index in [0.717, 1.165) is 21.7 Å². The quantitative estimate of drug-likeness (QED) is 0.395. The minimum absolute atomic E-state index is 0.0264. The van der Waals surface area contributed by atoms with Gasteiger partial charge in [0, 0.05) is 11.6 Å². The van der Waals surface area contributed by atoms with E-state index in [-0.39, 0.29) is 21.4 Å². The molecule has 0 aliphatic heterocycles. The van der Waals surface area contributed by atoms with Crippen molar-refractivity contribution in [3.8, 4) is 0 Å². The fraction of sp³-hybridized carbons (Fsp3) is 0.0588. The lowest BCUT2D eigenvalue weighted by Crippen LogP contribution is -2.11. The van der Waals surface area contributed by atoms with Gasteiger partial charge in [0.15, 0.2) is 0 Å². The minimum Gasteiger partial charge on any atom is -0.241 e. The zero-order valence-electron chi connectivity index (χ0n) is 14.1. The van der Waals surface area contributed by atoms with Crippen LogP contribution in [0, 0.1) is 6.92 Å². The molecule has 0 aliphatic carbocycles. The number of benzene rings is 2. The van der Waals surface area contributed by atoms with E-state index in [4.69, 9.17) is 11.6 Å². The maximum absolute atomic E-state index is 12.8. The number of fused-ring (bicyclic) bond motifs is 1. The highest BCUT2D eigenvalue weighted by Crippen LogP contribution is 2.99. The summed E-state index contributed by atoms with van der Waals surface area (Å²) in [6, 6.07) is 10.8. The van der Waals surface area contributed by atoms with Crippen LogP contribution < -0.4 is 0 Å². The molecule has 152 valence electrons. The largest absolute Gasteiger partial charge is 0.305 e. The van der Waals surface area contributed by atoms with Crippen molar-refractivity contribution < 1.29 is 27.8 Å². The molecule has 1 heterocycles. The van der Waals surface area contributed by atoms with E-state index in [1.165, 1.54) is 30.5 Å². The third kappa shape index (κ3) is 4.50. The fourth-order valence-electron chi connectivity index (χ4n) is 2.56. The third-order valence-electron chi connectivity index (χ3n) is 3.83. The Bertz CT molecular complexity index is 1220. The number of hydrogen-bond donors (Lipinski definition) is 0. The Morgan fingerprint density at radius 2 is 1.61 bits per heavy atom. The van der Waals surface area contributed by atoms with E-state index in [9.17, 15) is 27.8 Å². The van der Waals surface area contributed by atoms with E-state index in [1.807, 2.05) is 0 Å². The van der Waals surface area contributed by atoms with Gasteiger partial charge in [-0.3, -0.25) is 0 Å². The van der Waals surface area contributed by atoms with Gasteiger partial charge in [0.25, 0.3) is 10.0 Å². The number of nitrogens with zero attached hydrogens (tertiary/aromatic N) is 1. The van der Waals surface area contributed by atoms with Crippen molar-refractivity contribution in [3.63, 3.8) is 0 Å². The molecule has 3 rings (SSSR count). The van der Waals surface area contributed by atoms with Crippen LogP contribution in [0.4, 0.5) is 19.4 Å². The summed E-state index contributed by atoms with van der Waals surface area (Å²) in [5, 5.41) is -2.14. The molecule has 0 radical (unpaired) electrons. The molecule has 2 aromatic carbocycles. The van der Waals surface area contributed by atoms with Crippen molar-refractivity contribution in [1.29, 1.82) is 0 Å². The number of aromatic nitrogens is 1. The fourth-order valence-corrected chi connectivity index (χ4v) is 5.07. The summed E-state index contributed by atoms with van der Waals surface area (Å²) in [4.78, 5) is 0.0264. The van der Waals surface area contributed by atoms with Crippen molar-refractivity contribution in [2.24, 2.45) is 0 Å². The Morgan fingerprint density at radius 3 is 2.18 bits per heavy atom. The molecule has 0 amide bonds. The highest BCUT2D eigenvalue weighted by atomic mass is 35.5. The molecule has 0 unspecified atom stereocenters. The van der Waals surface area contributed by atoms with Gasteiger partial charge < -0.3 is 0 Å². The van der Waals surface area contributed by atoms with E-state index in [0.29, 0.717) is 0 Å². The molecule has 0 fully saturated rings. The SMILES string of the molecule is Cc1ccc(S(=O)(=O)n2ccc3cc(/C(Cl)=C\S(F)(F)(F)(F)F)ccc32)cc1. The predicted octanol–water partition coefficient (Wildman–Crippen LogP) is 7.02. The second-order valence-electron chi connectivity index (χ2n) is 6.20. The highest BCUT2D eigenvalue weighted by molar-refractivity contribution is 8.48. The van der Waals surface area contributed by atoms with Gasteiger partial charge in [0.05, 0.1) is 20.9 Å². The summed E-state index contributed by atoms with van der Waals surface area (Å²) in [6.45, 7) is 1.80. The molecule has 3 aromatic rings. The standard InChI is InChI=1S/C17H13ClF5NO2S2/c1-12-2-5-15(6-3-12)27(25,26)24-9-8-14-10-13(4-7-17(14)24)16(18)11-28(19,20,21,22)23/h2-11H,1H3/b16-11+. The summed E-state index contributed by atoms with van der Waals surface area (Å²) in [7, 11) is -13.8. The first-order valence-corrected chi connectivity index (χ1v) is 11.5. The van der Waals surface area contributed by atoms with Gasteiger partial charge in [-0.2, -0.15) is 0 Å². The highest BCUT2D eigenvalue weighted by Gasteiger charge is 2.61. The first kappa shape index (κ1) is 20.7. The normalized spacial score (nSPS) is 16.0. The van der Waals surface area contributed by atoms with Crippen LogP contribution in [0.2, 0.25) is 0 Å². The van der Waals surface area contributed by atoms with E-state index in [1.54, 1.807) is 19.1 Å². The zero-order valence-corrected chi connectivity index (χ0v) is 16.5. The van der Waals surface area contributed by atoms with Crippen LogP contribution in [0.25, 0.3) is 15.9 Å². The lowest BCUT2D eigenvalue weighted by molar-refractivity contribution is 0.385. The molecule has 0 atom stereocenters. The van der Waals surface area contributed by atoms with Crippen molar-refractivity contribution >= 4 is 47.8 Å². The summed E-state index contributed by atoms with van der Waals surface area (Å²) in [5.41, 5.74) is 0.723. The Labute approximate surface area is 162 Å². The minimum atomic E-state index is -9.84. The zero-order chi connectivity index (χ0) is 21.0. The monoisotopic (exact) mass is 457 g/mol. The summed E-state index contributed by atoms with van der Waals surface area (Å²) in [5.74, 6) is 0. The van der Waals surface area contributed by atoms with Gasteiger partial charge >= 0.3 is 10.2 Å². The summed E-state index contributed by atoms with van der Waals surface area (Å²) < 4.78 is 89.5. The molecule has 0 saturated heterocycles. The molecule has 0 bridgehead atoms. The Kier molecular flexibility index (Phi) is 4.24. The smallest absolute Gasteiger partial charge is 0.241 e. The van der Waals surface area contributed by atoms with Crippen LogP contribution in [-0.2, 0) is 10.0 Å². The first-order chi connectivity index (χ1) is 12.6. The lowest BCUT2D eigenvalue weighted by atomic mass is 10.1. The number of aryl methyl sites for hydroxylation is 1. The molecule has 3 nitrogen and oxygen atoms in total. The van der Waals surface area contributed by atoms with Crippen LogP contribution in [0.1, 0.15) is 11.1 Å². The van der Waals surface area contributed by atoms with E-state index < -0.39 is 30.7 Å². The van der Waals surface area contributed by atoms with Crippen LogP contribution in [0.5, 0.6) is 0 Å². The first-order valence-electron chi connectivity index (χ1n) is 7.62. The van der Waals surface area contributed by atoms with Gasteiger partial charge in [-0.15, -0.1) is 0 Å². The van der Waals surface area contributed by atoms with Crippen molar-refractivity contribution in [1.82, 2.24) is 3.97 Å². The Hall–Kier alpha value is -2.04. The number of rotatable bonds is 4. The van der Waals surface area contributed by atoms with E-state index in [2.05, 4.69) is 0 Å². The molecule has 0 saturated carbocycles. The summed E-state index contributed by atoms with van der Waals surface area (Å²) >= 11 is 5.44. The molecule has 11 heteroatoms. The predicted molar refractivity (Wildman–Crippen MR) is 103 cm³/mol. The molecular weight excluding hydrogens is 445 g/mol. The van der Waals surface area contributed by atoms with Crippen molar-refractivity contribution in [2.45, 2.75) is 11.8 Å². The number of hydrogen-bond acceptors (Lipinski definition) is 2. The molecule has 0 spiro atoms. The Balaban J connectivity index is 2.09. The van der Waals surface area contributed by atoms with Crippen molar-refractivity contribution in [2.75, 3.05) is 0 Å².